The van der Waals surface area contributed by atoms with Crippen LogP contribution in [0.25, 0.3) is 0 Å². The van der Waals surface area contributed by atoms with E-state index >= 15 is 0 Å². The predicted octanol–water partition coefficient (Wildman–Crippen LogP) is 20.7. The van der Waals surface area contributed by atoms with Gasteiger partial charge >= 0.3 is 39.5 Å². The van der Waals surface area contributed by atoms with E-state index in [0.29, 0.717) is 25.7 Å². The maximum atomic E-state index is 13.0. The third-order valence-electron chi connectivity index (χ3n) is 15.4. The average molecular weight is 1370 g/mol. The van der Waals surface area contributed by atoms with Gasteiger partial charge in [0.2, 0.25) is 0 Å². The second-order valence-corrected chi connectivity index (χ2v) is 27.4. The van der Waals surface area contributed by atoms with Crippen molar-refractivity contribution in [2.24, 2.45) is 0 Å². The van der Waals surface area contributed by atoms with Crippen LogP contribution < -0.4 is 0 Å². The standard InChI is InChI=1S/C75H132O17P2/c1-5-9-13-17-21-25-29-31-33-34-36-38-42-44-48-52-56-60-73(78)86-66-71(92-75(80)62-58-54-50-46-40-28-24-20-16-12-8-4)68-90-94(83,84)88-64-69(76)63-87-93(81,82)89-67-70(91-74(79)61-57-53-49-45-39-27-23-19-15-11-7-3)65-85-72(77)59-55-51-47-43-41-37-35-32-30-26-22-18-14-10-6-2/h9-10,13-14,21-22,25-26,31-33,35,41,43,69-71,76H,5-8,11-12,15-20,23-24,27-30,34,36-40,42,44-68H2,1-4H3,(H,81,82)(H,83,84)/b13-9-,14-10-,25-21-,26-22-,33-31-,35-32-,43-41-. The summed E-state index contributed by atoms with van der Waals surface area (Å²) in [5.41, 5.74) is 0. The van der Waals surface area contributed by atoms with Crippen molar-refractivity contribution in [1.82, 2.24) is 0 Å². The third kappa shape index (κ3) is 66.8. The van der Waals surface area contributed by atoms with Crippen molar-refractivity contribution in [3.63, 3.8) is 0 Å². The molecule has 0 radical (unpaired) electrons. The Morgan fingerprint density at radius 1 is 0.309 bits per heavy atom. The number of aliphatic hydroxyl groups excluding tert-OH is 1. The normalized spacial score (nSPS) is 14.5. The molecule has 5 atom stereocenters. The Morgan fingerprint density at radius 2 is 0.553 bits per heavy atom. The highest BCUT2D eigenvalue weighted by atomic mass is 31.2. The van der Waals surface area contributed by atoms with Crippen LogP contribution in [-0.4, -0.2) is 96.7 Å². The first-order chi connectivity index (χ1) is 45.7. The summed E-state index contributed by atoms with van der Waals surface area (Å²) in [6.45, 7) is 4.59. The Balaban J connectivity index is 5.31. The molecule has 0 heterocycles. The Morgan fingerprint density at radius 3 is 0.872 bits per heavy atom. The fourth-order valence-electron chi connectivity index (χ4n) is 9.81. The number of phosphoric ester groups is 2. The van der Waals surface area contributed by atoms with Gasteiger partial charge < -0.3 is 33.8 Å². The molecular weight excluding hydrogens is 1230 g/mol. The van der Waals surface area contributed by atoms with Crippen molar-refractivity contribution < 1.29 is 80.2 Å². The zero-order chi connectivity index (χ0) is 69.0. The van der Waals surface area contributed by atoms with Crippen molar-refractivity contribution in [2.75, 3.05) is 39.6 Å². The lowest BCUT2D eigenvalue weighted by molar-refractivity contribution is -0.161. The summed E-state index contributed by atoms with van der Waals surface area (Å²) in [5.74, 6) is -2.21. The Labute approximate surface area is 570 Å². The number of aliphatic hydroxyl groups is 1. The summed E-state index contributed by atoms with van der Waals surface area (Å²) in [5, 5.41) is 10.6. The zero-order valence-electron chi connectivity index (χ0n) is 59.1. The fourth-order valence-corrected chi connectivity index (χ4v) is 11.4. The lowest BCUT2D eigenvalue weighted by Gasteiger charge is -2.21. The predicted molar refractivity (Wildman–Crippen MR) is 381 cm³/mol. The number of esters is 4. The van der Waals surface area contributed by atoms with Crippen LogP contribution in [0.15, 0.2) is 85.1 Å². The van der Waals surface area contributed by atoms with Crippen LogP contribution in [0, 0.1) is 0 Å². The molecule has 0 spiro atoms. The van der Waals surface area contributed by atoms with Gasteiger partial charge in [0.25, 0.3) is 0 Å². The maximum absolute atomic E-state index is 13.0. The molecule has 0 aliphatic rings. The molecule has 0 saturated heterocycles. The molecule has 544 valence electrons. The lowest BCUT2D eigenvalue weighted by Crippen LogP contribution is -2.30. The van der Waals surface area contributed by atoms with Crippen LogP contribution >= 0.6 is 15.6 Å². The molecular formula is C75H132O17P2. The van der Waals surface area contributed by atoms with Gasteiger partial charge in [-0.15, -0.1) is 0 Å². The number of allylic oxidation sites excluding steroid dienone is 14. The molecule has 0 aromatic carbocycles. The van der Waals surface area contributed by atoms with Crippen LogP contribution in [-0.2, 0) is 65.4 Å². The van der Waals surface area contributed by atoms with E-state index in [-0.39, 0.29) is 25.7 Å². The quantitative estimate of drug-likeness (QED) is 0.0169. The van der Waals surface area contributed by atoms with E-state index in [2.05, 4.69) is 113 Å². The van der Waals surface area contributed by atoms with Gasteiger partial charge in [-0.3, -0.25) is 37.3 Å². The molecule has 94 heavy (non-hydrogen) atoms. The van der Waals surface area contributed by atoms with E-state index < -0.39 is 97.5 Å². The fraction of sp³-hybridized carbons (Fsp3) is 0.760. The number of carbonyl (C=O) groups is 4. The summed E-state index contributed by atoms with van der Waals surface area (Å²) in [4.78, 5) is 72.6. The molecule has 0 saturated carbocycles. The summed E-state index contributed by atoms with van der Waals surface area (Å²) in [6, 6.07) is 0. The monoisotopic (exact) mass is 1370 g/mol. The SMILES string of the molecule is CC/C=C\C/C=C\C/C=C\C/C=C\CCCCC(=O)OCC(COP(=O)(O)OCC(O)COP(=O)(O)OCC(COC(=O)CCCCCCCCC/C=C\C/C=C\C/C=C\CC)OC(=O)CCCCCCCCCCCCC)OC(=O)CCCCCCCCCCCCC. The van der Waals surface area contributed by atoms with Crippen LogP contribution in [0.2, 0.25) is 0 Å². The maximum Gasteiger partial charge on any atom is 0.472 e. The molecule has 0 aliphatic carbocycles. The number of hydrogen-bond donors (Lipinski definition) is 3. The van der Waals surface area contributed by atoms with Crippen molar-refractivity contribution >= 4 is 39.5 Å². The van der Waals surface area contributed by atoms with E-state index in [9.17, 15) is 43.2 Å². The first-order valence-electron chi connectivity index (χ1n) is 36.8. The van der Waals surface area contributed by atoms with E-state index in [1.807, 2.05) is 0 Å². The molecule has 0 fully saturated rings. The second-order valence-electron chi connectivity index (χ2n) is 24.5. The molecule has 0 aliphatic heterocycles. The molecule has 0 rings (SSSR count). The Hall–Kier alpha value is -3.76. The van der Waals surface area contributed by atoms with E-state index in [0.717, 1.165) is 154 Å². The van der Waals surface area contributed by atoms with Gasteiger partial charge in [0.05, 0.1) is 26.4 Å². The summed E-state index contributed by atoms with van der Waals surface area (Å²) in [7, 11) is -9.94. The first-order valence-corrected chi connectivity index (χ1v) is 39.8. The zero-order valence-corrected chi connectivity index (χ0v) is 60.9. The van der Waals surface area contributed by atoms with Crippen molar-refractivity contribution in [3.05, 3.63) is 85.1 Å². The van der Waals surface area contributed by atoms with Crippen LogP contribution in [0.1, 0.15) is 310 Å². The van der Waals surface area contributed by atoms with Gasteiger partial charge in [-0.25, -0.2) is 9.13 Å². The van der Waals surface area contributed by atoms with Crippen molar-refractivity contribution in [3.8, 4) is 0 Å². The number of phosphoric acid groups is 2. The van der Waals surface area contributed by atoms with Crippen LogP contribution in [0.5, 0.6) is 0 Å². The first kappa shape index (κ1) is 90.2. The highest BCUT2D eigenvalue weighted by Gasteiger charge is 2.30. The minimum Gasteiger partial charge on any atom is -0.462 e. The number of ether oxygens (including phenoxy) is 4. The van der Waals surface area contributed by atoms with Gasteiger partial charge in [0.15, 0.2) is 12.2 Å². The molecule has 0 bridgehead atoms. The Kier molecular flexibility index (Phi) is 65.1. The highest BCUT2D eigenvalue weighted by Crippen LogP contribution is 2.45. The largest absolute Gasteiger partial charge is 0.472 e. The van der Waals surface area contributed by atoms with Gasteiger partial charge in [-0.1, -0.05) is 273 Å². The van der Waals surface area contributed by atoms with Crippen LogP contribution in [0.4, 0.5) is 0 Å². The molecule has 0 aromatic heterocycles. The van der Waals surface area contributed by atoms with Crippen molar-refractivity contribution in [2.45, 2.75) is 329 Å². The van der Waals surface area contributed by atoms with Gasteiger partial charge in [-0.05, 0) is 96.3 Å². The molecule has 19 heteroatoms. The molecule has 17 nitrogen and oxygen atoms in total. The average Bonchev–Trinajstić information content (AvgIpc) is 1.24. The lowest BCUT2D eigenvalue weighted by atomic mass is 10.1. The van der Waals surface area contributed by atoms with Crippen LogP contribution in [0.3, 0.4) is 0 Å². The number of rotatable bonds is 69. The van der Waals surface area contributed by atoms with Gasteiger partial charge in [0.1, 0.15) is 19.3 Å². The number of hydrogen-bond acceptors (Lipinski definition) is 15. The highest BCUT2D eigenvalue weighted by molar-refractivity contribution is 7.47. The molecule has 3 N–H and O–H groups in total. The summed E-state index contributed by atoms with van der Waals surface area (Å²) >= 11 is 0. The minimum atomic E-state index is -4.97. The van der Waals surface area contributed by atoms with Crippen molar-refractivity contribution in [1.29, 1.82) is 0 Å². The second kappa shape index (κ2) is 67.8. The number of unbranched alkanes of at least 4 members (excludes halogenated alkanes) is 29. The molecule has 0 aromatic rings. The van der Waals surface area contributed by atoms with E-state index in [4.69, 9.17) is 37.0 Å². The summed E-state index contributed by atoms with van der Waals surface area (Å²) < 4.78 is 68.3. The van der Waals surface area contributed by atoms with Gasteiger partial charge in [0, 0.05) is 25.7 Å². The Bertz CT molecular complexity index is 2120. The summed E-state index contributed by atoms with van der Waals surface area (Å²) in [6.07, 6.45) is 67.4. The topological polar surface area (TPSA) is 237 Å². The minimum absolute atomic E-state index is 0.0894. The number of carbonyl (C=O) groups excluding carboxylic acids is 4. The third-order valence-corrected chi connectivity index (χ3v) is 17.3. The molecule has 5 unspecified atom stereocenters. The van der Waals surface area contributed by atoms with E-state index in [1.54, 1.807) is 0 Å². The van der Waals surface area contributed by atoms with Gasteiger partial charge in [-0.2, -0.15) is 0 Å². The molecule has 0 amide bonds. The smallest absolute Gasteiger partial charge is 0.462 e. The van der Waals surface area contributed by atoms with E-state index in [1.165, 1.54) is 77.0 Å².